The Bertz CT molecular complexity index is 885. The van der Waals surface area contributed by atoms with Crippen molar-refractivity contribution in [2.75, 3.05) is 26.2 Å². The predicted octanol–water partition coefficient (Wildman–Crippen LogP) is 1.72. The summed E-state index contributed by atoms with van der Waals surface area (Å²) in [5, 5.41) is 15.0. The van der Waals surface area contributed by atoms with Crippen LogP contribution >= 0.6 is 0 Å². The minimum Gasteiger partial charge on any atom is -0.508 e. The van der Waals surface area contributed by atoms with Crippen LogP contribution in [-0.4, -0.2) is 53.9 Å². The molecule has 1 saturated heterocycles. The van der Waals surface area contributed by atoms with E-state index in [-0.39, 0.29) is 35.8 Å². The van der Waals surface area contributed by atoms with Gasteiger partial charge in [0, 0.05) is 38.2 Å². The molecule has 30 heavy (non-hydrogen) atoms. The lowest BCUT2D eigenvalue weighted by atomic mass is 10.1. The van der Waals surface area contributed by atoms with Gasteiger partial charge >= 0.3 is 0 Å². The van der Waals surface area contributed by atoms with Crippen LogP contribution in [0, 0.1) is 5.92 Å². The van der Waals surface area contributed by atoms with Gasteiger partial charge < -0.3 is 20.6 Å². The van der Waals surface area contributed by atoms with Crippen molar-refractivity contribution >= 4 is 17.7 Å². The highest BCUT2D eigenvalue weighted by molar-refractivity contribution is 5.94. The maximum atomic E-state index is 12.4. The Morgan fingerprint density at radius 2 is 1.80 bits per heavy atom. The van der Waals surface area contributed by atoms with E-state index in [1.807, 2.05) is 30.3 Å². The van der Waals surface area contributed by atoms with Crippen LogP contribution in [0.1, 0.15) is 28.8 Å². The van der Waals surface area contributed by atoms with Crippen molar-refractivity contribution in [2.45, 2.75) is 19.3 Å². The van der Waals surface area contributed by atoms with Gasteiger partial charge in [-0.05, 0) is 36.6 Å². The van der Waals surface area contributed by atoms with Gasteiger partial charge in [-0.25, -0.2) is 0 Å². The largest absolute Gasteiger partial charge is 0.508 e. The molecule has 3 rings (SSSR count). The lowest BCUT2D eigenvalue weighted by Crippen LogP contribution is -2.35. The van der Waals surface area contributed by atoms with Crippen LogP contribution in [-0.2, 0) is 16.0 Å². The molecule has 1 aliphatic rings. The van der Waals surface area contributed by atoms with E-state index in [0.29, 0.717) is 38.2 Å². The summed E-state index contributed by atoms with van der Waals surface area (Å²) in [6, 6.07) is 16.1. The summed E-state index contributed by atoms with van der Waals surface area (Å²) in [6.45, 7) is 1.90. The average molecular weight is 409 g/mol. The normalized spacial score (nSPS) is 15.8. The number of likely N-dealkylation sites (tertiary alicyclic amines) is 1. The van der Waals surface area contributed by atoms with E-state index in [0.717, 1.165) is 6.42 Å². The molecule has 0 bridgehead atoms. The molecule has 3 amide bonds. The molecule has 7 nitrogen and oxygen atoms in total. The summed E-state index contributed by atoms with van der Waals surface area (Å²) in [6.07, 6.45) is 1.60. The fraction of sp³-hybridized carbons (Fsp3) is 0.348. The van der Waals surface area contributed by atoms with E-state index >= 15 is 0 Å². The molecule has 1 aliphatic heterocycles. The van der Waals surface area contributed by atoms with Crippen molar-refractivity contribution in [3.05, 3.63) is 65.7 Å². The van der Waals surface area contributed by atoms with Crippen LogP contribution in [0.3, 0.4) is 0 Å². The van der Waals surface area contributed by atoms with Crippen LogP contribution in [0.2, 0.25) is 0 Å². The van der Waals surface area contributed by atoms with Crippen molar-refractivity contribution in [3.63, 3.8) is 0 Å². The maximum Gasteiger partial charge on any atom is 0.251 e. The van der Waals surface area contributed by atoms with Crippen molar-refractivity contribution in [1.82, 2.24) is 15.5 Å². The molecule has 0 saturated carbocycles. The van der Waals surface area contributed by atoms with Gasteiger partial charge in [-0.1, -0.05) is 36.4 Å². The van der Waals surface area contributed by atoms with Crippen LogP contribution in [0.4, 0.5) is 0 Å². The van der Waals surface area contributed by atoms with E-state index in [1.54, 1.807) is 17.0 Å². The maximum absolute atomic E-state index is 12.4. The van der Waals surface area contributed by atoms with E-state index in [9.17, 15) is 19.5 Å². The van der Waals surface area contributed by atoms with Gasteiger partial charge in [-0.2, -0.15) is 0 Å². The second-order valence-corrected chi connectivity index (χ2v) is 7.43. The highest BCUT2D eigenvalue weighted by Crippen LogP contribution is 2.18. The fourth-order valence-electron chi connectivity index (χ4n) is 3.47. The third-order valence-corrected chi connectivity index (χ3v) is 5.15. The number of carbonyl (C=O) groups is 3. The first kappa shape index (κ1) is 21.4. The number of hydrogen-bond donors (Lipinski definition) is 3. The van der Waals surface area contributed by atoms with Crippen LogP contribution in [0.25, 0.3) is 0 Å². The van der Waals surface area contributed by atoms with Gasteiger partial charge in [0.25, 0.3) is 5.91 Å². The van der Waals surface area contributed by atoms with Crippen LogP contribution in [0.15, 0.2) is 54.6 Å². The Morgan fingerprint density at radius 1 is 1.03 bits per heavy atom. The first-order chi connectivity index (χ1) is 14.5. The first-order valence-electron chi connectivity index (χ1n) is 10.2. The number of benzene rings is 2. The third-order valence-electron chi connectivity index (χ3n) is 5.15. The standard InChI is InChI=1S/C23H27N3O4/c27-20-9-4-8-18(14-20)22(29)24-11-5-12-25-23(30)19-15-21(28)26(16-19)13-10-17-6-2-1-3-7-17/h1-4,6-9,14,19,27H,5,10-13,15-16H2,(H,24,29)(H,25,30). The minimum atomic E-state index is -0.324. The number of amides is 3. The molecule has 158 valence electrons. The molecule has 1 unspecified atom stereocenters. The molecular weight excluding hydrogens is 382 g/mol. The number of carbonyl (C=O) groups excluding carboxylic acids is 3. The van der Waals surface area contributed by atoms with E-state index < -0.39 is 0 Å². The third kappa shape index (κ3) is 6.07. The number of phenolic OH excluding ortho intramolecular Hbond substituents is 1. The number of hydrogen-bond acceptors (Lipinski definition) is 4. The molecule has 7 heteroatoms. The van der Waals surface area contributed by atoms with Gasteiger partial charge in [-0.15, -0.1) is 0 Å². The first-order valence-corrected chi connectivity index (χ1v) is 10.2. The molecule has 0 aliphatic carbocycles. The summed E-state index contributed by atoms with van der Waals surface area (Å²) >= 11 is 0. The Morgan fingerprint density at radius 3 is 2.57 bits per heavy atom. The lowest BCUT2D eigenvalue weighted by molar-refractivity contribution is -0.129. The molecule has 2 aromatic rings. The summed E-state index contributed by atoms with van der Waals surface area (Å²) < 4.78 is 0. The number of rotatable bonds is 9. The molecule has 0 radical (unpaired) electrons. The molecule has 1 heterocycles. The fourth-order valence-corrected chi connectivity index (χ4v) is 3.47. The second-order valence-electron chi connectivity index (χ2n) is 7.43. The topological polar surface area (TPSA) is 98.7 Å². The predicted molar refractivity (Wildman–Crippen MR) is 113 cm³/mol. The smallest absolute Gasteiger partial charge is 0.251 e. The quantitative estimate of drug-likeness (QED) is 0.549. The Labute approximate surface area is 176 Å². The monoisotopic (exact) mass is 409 g/mol. The zero-order valence-corrected chi connectivity index (χ0v) is 16.8. The van der Waals surface area contributed by atoms with Crippen molar-refractivity contribution < 1.29 is 19.5 Å². The SMILES string of the molecule is O=C(NCCCNC(=O)C1CC(=O)N(CCc2ccccc2)C1)c1cccc(O)c1. The number of aromatic hydroxyl groups is 1. The van der Waals surface area contributed by atoms with Crippen LogP contribution in [0.5, 0.6) is 5.75 Å². The molecule has 3 N–H and O–H groups in total. The van der Waals surface area contributed by atoms with Crippen molar-refractivity contribution in [2.24, 2.45) is 5.92 Å². The molecule has 0 spiro atoms. The van der Waals surface area contributed by atoms with Gasteiger partial charge in [-0.3, -0.25) is 14.4 Å². The number of nitrogens with one attached hydrogen (secondary N) is 2. The zero-order chi connectivity index (χ0) is 21.3. The highest BCUT2D eigenvalue weighted by atomic mass is 16.3. The Hall–Kier alpha value is -3.35. The van der Waals surface area contributed by atoms with E-state index in [2.05, 4.69) is 10.6 Å². The Kier molecular flexibility index (Phi) is 7.43. The molecule has 0 aromatic heterocycles. The highest BCUT2D eigenvalue weighted by Gasteiger charge is 2.33. The summed E-state index contributed by atoms with van der Waals surface area (Å²) in [4.78, 5) is 38.3. The van der Waals surface area contributed by atoms with Gasteiger partial charge in [0.15, 0.2) is 0 Å². The second kappa shape index (κ2) is 10.4. The average Bonchev–Trinajstić information content (AvgIpc) is 3.13. The van der Waals surface area contributed by atoms with Crippen LogP contribution < -0.4 is 10.6 Å². The summed E-state index contributed by atoms with van der Waals surface area (Å²) in [5.74, 6) is -0.656. The van der Waals surface area contributed by atoms with Crippen molar-refractivity contribution in [1.29, 1.82) is 0 Å². The molecule has 1 fully saturated rings. The summed E-state index contributed by atoms with van der Waals surface area (Å²) in [5.41, 5.74) is 1.56. The van der Waals surface area contributed by atoms with Gasteiger partial charge in [0.05, 0.1) is 5.92 Å². The minimum absolute atomic E-state index is 0.0180. The molecule has 1 atom stereocenters. The van der Waals surface area contributed by atoms with E-state index in [4.69, 9.17) is 0 Å². The molecule has 2 aromatic carbocycles. The van der Waals surface area contributed by atoms with Gasteiger partial charge in [0.2, 0.25) is 11.8 Å². The van der Waals surface area contributed by atoms with Crippen molar-refractivity contribution in [3.8, 4) is 5.75 Å². The number of nitrogens with zero attached hydrogens (tertiary/aromatic N) is 1. The summed E-state index contributed by atoms with van der Waals surface area (Å²) in [7, 11) is 0. The Balaban J connectivity index is 1.33. The number of phenols is 1. The van der Waals surface area contributed by atoms with Gasteiger partial charge in [0.1, 0.15) is 5.75 Å². The van der Waals surface area contributed by atoms with E-state index in [1.165, 1.54) is 17.7 Å². The zero-order valence-electron chi connectivity index (χ0n) is 16.8. The molecular formula is C23H27N3O4. The lowest BCUT2D eigenvalue weighted by Gasteiger charge is -2.16.